The molecule has 1 heterocycles. The van der Waals surface area contributed by atoms with E-state index in [-0.39, 0.29) is 0 Å². The molecule has 100 valence electrons. The summed E-state index contributed by atoms with van der Waals surface area (Å²) in [5.74, 6) is 1.59. The Bertz CT molecular complexity index is 736. The third-order valence-corrected chi connectivity index (χ3v) is 3.30. The topological polar surface area (TPSA) is 48.1 Å². The van der Waals surface area contributed by atoms with E-state index in [1.54, 1.807) is 6.20 Å². The van der Waals surface area contributed by atoms with Crippen LogP contribution in [0.2, 0.25) is 0 Å². The van der Waals surface area contributed by atoms with E-state index in [1.807, 2.05) is 42.5 Å². The van der Waals surface area contributed by atoms with Crippen LogP contribution in [0.5, 0.6) is 11.5 Å². The van der Waals surface area contributed by atoms with Gasteiger partial charge in [-0.2, -0.15) is 0 Å². The molecule has 3 nitrogen and oxygen atoms in total. The zero-order chi connectivity index (χ0) is 13.9. The quantitative estimate of drug-likeness (QED) is 0.722. The predicted octanol–water partition coefficient (Wildman–Crippen LogP) is 4.17. The first-order valence-corrected chi connectivity index (χ1v) is 6.68. The second-order valence-electron chi connectivity index (χ2n) is 4.65. The predicted molar refractivity (Wildman–Crippen MR) is 82.0 cm³/mol. The van der Waals surface area contributed by atoms with E-state index in [0.717, 1.165) is 34.5 Å². The van der Waals surface area contributed by atoms with Gasteiger partial charge in [0.05, 0.1) is 5.52 Å². The fourth-order valence-corrected chi connectivity index (χ4v) is 2.25. The minimum absolute atomic E-state index is 0.727. The second kappa shape index (κ2) is 5.21. The number of nitrogen functional groups attached to an aromatic ring is 1. The number of hydrogen-bond acceptors (Lipinski definition) is 3. The SMILES string of the molecule is CCc1cccc2c(Oc3ccc(N)cc3)ccnc12. The highest BCUT2D eigenvalue weighted by Crippen LogP contribution is 2.30. The summed E-state index contributed by atoms with van der Waals surface area (Å²) in [4.78, 5) is 4.47. The maximum absolute atomic E-state index is 5.95. The number of pyridine rings is 1. The van der Waals surface area contributed by atoms with Gasteiger partial charge in [0.15, 0.2) is 0 Å². The van der Waals surface area contributed by atoms with Crippen molar-refractivity contribution in [1.82, 2.24) is 4.98 Å². The zero-order valence-electron chi connectivity index (χ0n) is 11.3. The average Bonchev–Trinajstić information content (AvgIpc) is 2.49. The summed E-state index contributed by atoms with van der Waals surface area (Å²) in [5, 5.41) is 1.03. The van der Waals surface area contributed by atoms with Crippen LogP contribution in [0.1, 0.15) is 12.5 Å². The lowest BCUT2D eigenvalue weighted by Crippen LogP contribution is -1.91. The van der Waals surface area contributed by atoms with E-state index in [1.165, 1.54) is 5.56 Å². The summed E-state index contributed by atoms with van der Waals surface area (Å²) in [5.41, 5.74) is 8.64. The minimum Gasteiger partial charge on any atom is -0.457 e. The number of aryl methyl sites for hydroxylation is 1. The third kappa shape index (κ3) is 2.30. The molecule has 0 aliphatic rings. The summed E-state index contributed by atoms with van der Waals surface area (Å²) < 4.78 is 5.95. The molecule has 0 bridgehead atoms. The highest BCUT2D eigenvalue weighted by atomic mass is 16.5. The lowest BCUT2D eigenvalue weighted by atomic mass is 10.1. The molecule has 0 aliphatic carbocycles. The molecule has 20 heavy (non-hydrogen) atoms. The lowest BCUT2D eigenvalue weighted by Gasteiger charge is -2.10. The van der Waals surface area contributed by atoms with E-state index in [0.29, 0.717) is 0 Å². The largest absolute Gasteiger partial charge is 0.457 e. The summed E-state index contributed by atoms with van der Waals surface area (Å²) in [6.07, 6.45) is 2.74. The summed E-state index contributed by atoms with van der Waals surface area (Å²) in [6, 6.07) is 15.5. The van der Waals surface area contributed by atoms with Crippen molar-refractivity contribution >= 4 is 16.6 Å². The first-order chi connectivity index (χ1) is 9.78. The Morgan fingerprint density at radius 1 is 1.05 bits per heavy atom. The number of anilines is 1. The van der Waals surface area contributed by atoms with Crippen molar-refractivity contribution in [1.29, 1.82) is 0 Å². The molecule has 2 aromatic carbocycles. The number of benzene rings is 2. The number of ether oxygens (including phenoxy) is 1. The molecule has 3 heteroatoms. The van der Waals surface area contributed by atoms with Gasteiger partial charge in [0.1, 0.15) is 11.5 Å². The van der Waals surface area contributed by atoms with Gasteiger partial charge in [-0.3, -0.25) is 4.98 Å². The van der Waals surface area contributed by atoms with Crippen LogP contribution >= 0.6 is 0 Å². The maximum atomic E-state index is 5.95. The van der Waals surface area contributed by atoms with Crippen molar-refractivity contribution in [2.24, 2.45) is 0 Å². The summed E-state index contributed by atoms with van der Waals surface area (Å²) >= 11 is 0. The van der Waals surface area contributed by atoms with Crippen molar-refractivity contribution in [3.05, 3.63) is 60.3 Å². The van der Waals surface area contributed by atoms with Crippen LogP contribution < -0.4 is 10.5 Å². The molecule has 3 rings (SSSR count). The number of hydrogen-bond donors (Lipinski definition) is 1. The molecular weight excluding hydrogens is 248 g/mol. The molecule has 0 atom stereocenters. The molecule has 0 unspecified atom stereocenters. The van der Waals surface area contributed by atoms with Crippen LogP contribution in [0.25, 0.3) is 10.9 Å². The third-order valence-electron chi connectivity index (χ3n) is 3.30. The number of rotatable bonds is 3. The number of aromatic nitrogens is 1. The molecule has 2 N–H and O–H groups in total. The van der Waals surface area contributed by atoms with E-state index < -0.39 is 0 Å². The van der Waals surface area contributed by atoms with Gasteiger partial charge in [-0.15, -0.1) is 0 Å². The number of nitrogens with zero attached hydrogens (tertiary/aromatic N) is 1. The van der Waals surface area contributed by atoms with Crippen molar-refractivity contribution < 1.29 is 4.74 Å². The Kier molecular flexibility index (Phi) is 3.25. The first-order valence-electron chi connectivity index (χ1n) is 6.68. The summed E-state index contributed by atoms with van der Waals surface area (Å²) in [7, 11) is 0. The first kappa shape index (κ1) is 12.5. The van der Waals surface area contributed by atoms with Crippen LogP contribution in [0.3, 0.4) is 0 Å². The van der Waals surface area contributed by atoms with Crippen LogP contribution in [-0.2, 0) is 6.42 Å². The second-order valence-corrected chi connectivity index (χ2v) is 4.65. The number of fused-ring (bicyclic) bond motifs is 1. The Morgan fingerprint density at radius 3 is 2.60 bits per heavy atom. The molecule has 0 spiro atoms. The van der Waals surface area contributed by atoms with Gasteiger partial charge in [-0.25, -0.2) is 0 Å². The minimum atomic E-state index is 0.727. The molecule has 0 saturated carbocycles. The molecule has 0 saturated heterocycles. The van der Waals surface area contributed by atoms with Crippen molar-refractivity contribution in [2.75, 3.05) is 5.73 Å². The Morgan fingerprint density at radius 2 is 1.85 bits per heavy atom. The van der Waals surface area contributed by atoms with Gasteiger partial charge >= 0.3 is 0 Å². The molecule has 0 amide bonds. The van der Waals surface area contributed by atoms with E-state index in [9.17, 15) is 0 Å². The van der Waals surface area contributed by atoms with Crippen LogP contribution in [-0.4, -0.2) is 4.98 Å². The van der Waals surface area contributed by atoms with Gasteiger partial charge in [-0.05, 0) is 48.4 Å². The molecule has 0 aliphatic heterocycles. The normalized spacial score (nSPS) is 10.7. The van der Waals surface area contributed by atoms with Crippen LogP contribution in [0.4, 0.5) is 5.69 Å². The number of nitrogens with two attached hydrogens (primary N) is 1. The number of para-hydroxylation sites is 1. The van der Waals surface area contributed by atoms with Gasteiger partial charge in [0.2, 0.25) is 0 Å². The smallest absolute Gasteiger partial charge is 0.138 e. The average molecular weight is 264 g/mol. The molecule has 3 aromatic rings. The van der Waals surface area contributed by atoms with Crippen molar-refractivity contribution in [2.45, 2.75) is 13.3 Å². The fourth-order valence-electron chi connectivity index (χ4n) is 2.25. The van der Waals surface area contributed by atoms with Gasteiger partial charge in [-0.1, -0.05) is 19.1 Å². The lowest BCUT2D eigenvalue weighted by molar-refractivity contribution is 0.488. The standard InChI is InChI=1S/C17H16N2O/c1-2-12-4-3-5-15-16(10-11-19-17(12)15)20-14-8-6-13(18)7-9-14/h3-11H,2,18H2,1H3. The molecule has 0 fully saturated rings. The van der Waals surface area contributed by atoms with Crippen molar-refractivity contribution in [3.8, 4) is 11.5 Å². The van der Waals surface area contributed by atoms with E-state index in [2.05, 4.69) is 18.0 Å². The zero-order valence-corrected chi connectivity index (χ0v) is 11.3. The Balaban J connectivity index is 2.05. The van der Waals surface area contributed by atoms with E-state index >= 15 is 0 Å². The van der Waals surface area contributed by atoms with Crippen molar-refractivity contribution in [3.63, 3.8) is 0 Å². The van der Waals surface area contributed by atoms with Gasteiger partial charge in [0.25, 0.3) is 0 Å². The molecule has 1 aromatic heterocycles. The van der Waals surface area contributed by atoms with Crippen LogP contribution in [0, 0.1) is 0 Å². The highest BCUT2D eigenvalue weighted by molar-refractivity contribution is 5.87. The molecule has 0 radical (unpaired) electrons. The van der Waals surface area contributed by atoms with E-state index in [4.69, 9.17) is 10.5 Å². The maximum Gasteiger partial charge on any atom is 0.138 e. The summed E-state index contributed by atoms with van der Waals surface area (Å²) in [6.45, 7) is 2.13. The monoisotopic (exact) mass is 264 g/mol. The van der Waals surface area contributed by atoms with Gasteiger partial charge in [0, 0.05) is 17.3 Å². The Labute approximate surface area is 118 Å². The fraction of sp³-hybridized carbons (Fsp3) is 0.118. The molecular formula is C17H16N2O. The van der Waals surface area contributed by atoms with Crippen LogP contribution in [0.15, 0.2) is 54.7 Å². The Hall–Kier alpha value is -2.55. The van der Waals surface area contributed by atoms with Gasteiger partial charge < -0.3 is 10.5 Å². The highest BCUT2D eigenvalue weighted by Gasteiger charge is 2.07.